The molecule has 1 rings (SSSR count). The van der Waals surface area contributed by atoms with E-state index in [-0.39, 0.29) is 17.7 Å². The van der Waals surface area contributed by atoms with Gasteiger partial charge in [0.25, 0.3) is 0 Å². The van der Waals surface area contributed by atoms with E-state index in [1.54, 1.807) is 0 Å². The molecule has 330 valence electrons. The van der Waals surface area contributed by atoms with Crippen LogP contribution < -0.4 is 16.0 Å². The topological polar surface area (TPSA) is 87.3 Å². The second-order valence-electron chi connectivity index (χ2n) is 17.4. The van der Waals surface area contributed by atoms with Crippen molar-refractivity contribution in [3.05, 3.63) is 18.2 Å². The fourth-order valence-corrected chi connectivity index (χ4v) is 7.89. The molecule has 3 amide bonds. The molecule has 0 aliphatic rings. The molecular weight excluding hydrogens is 703 g/mol. The van der Waals surface area contributed by atoms with Crippen LogP contribution in [0, 0.1) is 0 Å². The van der Waals surface area contributed by atoms with E-state index in [2.05, 4.69) is 36.7 Å². The summed E-state index contributed by atoms with van der Waals surface area (Å²) in [5, 5.41) is 9.16. The van der Waals surface area contributed by atoms with E-state index in [0.717, 1.165) is 38.5 Å². The SMILES string of the molecule is CCCCCCCCCCCCCCC(=O)Nc1cc(NC(=O)CCCCCCCCCCCCCC)cc(NC(=O)CCCCCCCCCCCCCC)c1. The summed E-state index contributed by atoms with van der Waals surface area (Å²) < 4.78 is 0. The maximum Gasteiger partial charge on any atom is 0.224 e. The van der Waals surface area contributed by atoms with Crippen LogP contribution >= 0.6 is 0 Å². The van der Waals surface area contributed by atoms with Crippen LogP contribution in [0.2, 0.25) is 0 Å². The van der Waals surface area contributed by atoms with Gasteiger partial charge >= 0.3 is 0 Å². The molecule has 0 fully saturated rings. The molecule has 0 saturated carbocycles. The Morgan fingerprint density at radius 3 is 0.614 bits per heavy atom. The molecule has 57 heavy (non-hydrogen) atoms. The Labute approximate surface area is 353 Å². The number of unbranched alkanes of at least 4 members (excludes halogenated alkanes) is 33. The zero-order valence-electron chi connectivity index (χ0n) is 38.0. The number of nitrogens with one attached hydrogen (secondary N) is 3. The Morgan fingerprint density at radius 1 is 0.281 bits per heavy atom. The van der Waals surface area contributed by atoms with Crippen molar-refractivity contribution in [1.29, 1.82) is 0 Å². The number of hydrogen-bond donors (Lipinski definition) is 3. The van der Waals surface area contributed by atoms with Crippen LogP contribution in [0.15, 0.2) is 18.2 Å². The van der Waals surface area contributed by atoms with Crippen molar-refractivity contribution in [2.75, 3.05) is 16.0 Å². The van der Waals surface area contributed by atoms with E-state index >= 15 is 0 Å². The number of benzene rings is 1. The molecule has 1 aromatic carbocycles. The van der Waals surface area contributed by atoms with Crippen molar-refractivity contribution in [1.82, 2.24) is 0 Å². The molecule has 0 radical (unpaired) electrons. The molecule has 0 unspecified atom stereocenters. The molecule has 3 N–H and O–H groups in total. The zero-order chi connectivity index (χ0) is 41.3. The Balaban J connectivity index is 2.49. The second-order valence-corrected chi connectivity index (χ2v) is 17.4. The van der Waals surface area contributed by atoms with Gasteiger partial charge in [-0.1, -0.05) is 233 Å². The highest BCUT2D eigenvalue weighted by molar-refractivity contribution is 5.97. The molecule has 0 atom stereocenters. The van der Waals surface area contributed by atoms with Gasteiger partial charge in [-0.25, -0.2) is 0 Å². The molecule has 0 aliphatic heterocycles. The van der Waals surface area contributed by atoms with Crippen LogP contribution in [-0.4, -0.2) is 17.7 Å². The van der Waals surface area contributed by atoms with Gasteiger partial charge in [0.2, 0.25) is 17.7 Å². The maximum atomic E-state index is 13.0. The summed E-state index contributed by atoms with van der Waals surface area (Å²) in [5.74, 6) is -0.0533. The molecule has 0 spiro atoms. The summed E-state index contributed by atoms with van der Waals surface area (Å²) in [6, 6.07) is 5.46. The van der Waals surface area contributed by atoms with Crippen LogP contribution in [0.4, 0.5) is 17.1 Å². The molecule has 6 nitrogen and oxygen atoms in total. The average molecular weight is 796 g/mol. The normalized spacial score (nSPS) is 11.2. The third kappa shape index (κ3) is 35.3. The highest BCUT2D eigenvalue weighted by Crippen LogP contribution is 2.25. The van der Waals surface area contributed by atoms with E-state index in [0.29, 0.717) is 36.3 Å². The number of hydrogen-bond acceptors (Lipinski definition) is 3. The summed E-state index contributed by atoms with van der Waals surface area (Å²) >= 11 is 0. The summed E-state index contributed by atoms with van der Waals surface area (Å²) in [4.78, 5) is 38.9. The Kier molecular flexibility index (Phi) is 37.3. The fourth-order valence-electron chi connectivity index (χ4n) is 7.89. The molecule has 0 bridgehead atoms. The van der Waals surface area contributed by atoms with E-state index in [1.165, 1.54) is 193 Å². The second kappa shape index (κ2) is 40.4. The van der Waals surface area contributed by atoms with Gasteiger partial charge in [-0.15, -0.1) is 0 Å². The quantitative estimate of drug-likeness (QED) is 0.0576. The van der Waals surface area contributed by atoms with E-state index in [4.69, 9.17) is 0 Å². The number of anilines is 3. The van der Waals surface area contributed by atoms with Gasteiger partial charge in [0, 0.05) is 36.3 Å². The van der Waals surface area contributed by atoms with E-state index in [1.807, 2.05) is 18.2 Å². The minimum Gasteiger partial charge on any atom is -0.326 e. The third-order valence-corrected chi connectivity index (χ3v) is 11.6. The number of carbonyl (C=O) groups excluding carboxylic acids is 3. The Bertz CT molecular complexity index is 944. The molecule has 0 saturated heterocycles. The average Bonchev–Trinajstić information content (AvgIpc) is 3.19. The Morgan fingerprint density at radius 2 is 0.439 bits per heavy atom. The maximum absolute atomic E-state index is 13.0. The lowest BCUT2D eigenvalue weighted by Crippen LogP contribution is -2.15. The summed E-state index contributed by atoms with van der Waals surface area (Å²) in [5.41, 5.74) is 1.84. The Hall–Kier alpha value is -2.37. The van der Waals surface area contributed by atoms with Gasteiger partial charge in [0.05, 0.1) is 0 Å². The van der Waals surface area contributed by atoms with Gasteiger partial charge in [0.15, 0.2) is 0 Å². The summed E-state index contributed by atoms with van der Waals surface area (Å²) in [6.45, 7) is 6.80. The van der Waals surface area contributed by atoms with Crippen LogP contribution in [0.1, 0.15) is 271 Å². The van der Waals surface area contributed by atoms with Crippen LogP contribution in [0.25, 0.3) is 0 Å². The fraction of sp³-hybridized carbons (Fsp3) is 0.824. The van der Waals surface area contributed by atoms with Gasteiger partial charge < -0.3 is 16.0 Å². The molecule has 1 aromatic rings. The lowest BCUT2D eigenvalue weighted by Gasteiger charge is -2.13. The zero-order valence-corrected chi connectivity index (χ0v) is 38.0. The van der Waals surface area contributed by atoms with Crippen molar-refractivity contribution >= 4 is 34.8 Å². The van der Waals surface area contributed by atoms with E-state index in [9.17, 15) is 14.4 Å². The van der Waals surface area contributed by atoms with Crippen molar-refractivity contribution in [3.63, 3.8) is 0 Å². The first kappa shape index (κ1) is 52.6. The predicted octanol–water partition coefficient (Wildman–Crippen LogP) is 16.8. The minimum atomic E-state index is -0.0178. The first-order valence-electron chi connectivity index (χ1n) is 25.0. The molecule has 6 heteroatoms. The van der Waals surface area contributed by atoms with Crippen LogP contribution in [-0.2, 0) is 14.4 Å². The third-order valence-electron chi connectivity index (χ3n) is 11.6. The molecule has 0 heterocycles. The van der Waals surface area contributed by atoms with Gasteiger partial charge in [-0.3, -0.25) is 14.4 Å². The van der Waals surface area contributed by atoms with Crippen molar-refractivity contribution < 1.29 is 14.4 Å². The smallest absolute Gasteiger partial charge is 0.224 e. The largest absolute Gasteiger partial charge is 0.326 e. The first-order chi connectivity index (χ1) is 28.0. The highest BCUT2D eigenvalue weighted by atomic mass is 16.2. The van der Waals surface area contributed by atoms with Crippen molar-refractivity contribution in [2.24, 2.45) is 0 Å². The summed E-state index contributed by atoms with van der Waals surface area (Å²) in [7, 11) is 0. The number of amides is 3. The highest BCUT2D eigenvalue weighted by Gasteiger charge is 2.11. The molecule has 0 aliphatic carbocycles. The predicted molar refractivity (Wildman–Crippen MR) is 249 cm³/mol. The van der Waals surface area contributed by atoms with Gasteiger partial charge in [-0.2, -0.15) is 0 Å². The number of rotatable bonds is 42. The minimum absolute atomic E-state index is 0.0178. The molecule has 0 aromatic heterocycles. The monoisotopic (exact) mass is 796 g/mol. The van der Waals surface area contributed by atoms with Crippen LogP contribution in [0.5, 0.6) is 0 Å². The first-order valence-corrected chi connectivity index (χ1v) is 25.0. The number of carbonyl (C=O) groups is 3. The summed E-state index contributed by atoms with van der Waals surface area (Å²) in [6.07, 6.45) is 46.9. The lowest BCUT2D eigenvalue weighted by molar-refractivity contribution is -0.117. The van der Waals surface area contributed by atoms with Crippen molar-refractivity contribution in [2.45, 2.75) is 271 Å². The standard InChI is InChI=1S/C51H93N3O3/c1-4-7-10-13-16-19-22-25-28-31-34-37-40-49(55)52-46-43-47(53-50(56)41-38-35-32-29-26-23-20-17-14-11-8-5-2)45-48(44-46)54-51(57)42-39-36-33-30-27-24-21-18-15-12-9-6-3/h43-45H,4-42H2,1-3H3,(H,52,55)(H,53,56)(H,54,57). The van der Waals surface area contributed by atoms with Crippen molar-refractivity contribution in [3.8, 4) is 0 Å². The van der Waals surface area contributed by atoms with E-state index < -0.39 is 0 Å². The van der Waals surface area contributed by atoms with Gasteiger partial charge in [-0.05, 0) is 37.5 Å². The molecular formula is C51H93N3O3. The van der Waals surface area contributed by atoms with Crippen LogP contribution in [0.3, 0.4) is 0 Å². The van der Waals surface area contributed by atoms with Gasteiger partial charge in [0.1, 0.15) is 0 Å². The lowest BCUT2D eigenvalue weighted by atomic mass is 10.0.